The van der Waals surface area contributed by atoms with E-state index in [1.54, 1.807) is 4.90 Å². The molecule has 24 heavy (non-hydrogen) atoms. The number of oxime groups is 1. The lowest BCUT2D eigenvalue weighted by Gasteiger charge is -2.24. The van der Waals surface area contributed by atoms with E-state index in [9.17, 15) is 4.79 Å². The SMILES string of the molecule is CC(=NOC(=O)N1CCCCC1)c1cccc(-c2ccccc2)c1. The predicted octanol–water partition coefficient (Wildman–Crippen LogP) is 4.70. The van der Waals surface area contributed by atoms with E-state index in [2.05, 4.69) is 29.4 Å². The molecule has 0 unspecified atom stereocenters. The zero-order valence-corrected chi connectivity index (χ0v) is 13.9. The molecule has 1 aliphatic rings. The molecule has 1 amide bonds. The van der Waals surface area contributed by atoms with Crippen molar-refractivity contribution in [3.05, 3.63) is 60.2 Å². The fraction of sp³-hybridized carbons (Fsp3) is 0.300. The highest BCUT2D eigenvalue weighted by Gasteiger charge is 2.17. The van der Waals surface area contributed by atoms with E-state index < -0.39 is 0 Å². The highest BCUT2D eigenvalue weighted by atomic mass is 16.7. The molecule has 0 aliphatic carbocycles. The first-order chi connectivity index (χ1) is 11.7. The third-order valence-electron chi connectivity index (χ3n) is 4.26. The van der Waals surface area contributed by atoms with Crippen LogP contribution in [0.3, 0.4) is 0 Å². The van der Waals surface area contributed by atoms with Crippen LogP contribution in [0.25, 0.3) is 11.1 Å². The first kappa shape index (κ1) is 16.2. The average molecular weight is 322 g/mol. The van der Waals surface area contributed by atoms with Crippen LogP contribution in [0.2, 0.25) is 0 Å². The van der Waals surface area contributed by atoms with Gasteiger partial charge in [0, 0.05) is 13.1 Å². The van der Waals surface area contributed by atoms with Crippen LogP contribution in [0.15, 0.2) is 59.8 Å². The molecule has 2 aromatic carbocycles. The van der Waals surface area contributed by atoms with Gasteiger partial charge in [-0.15, -0.1) is 0 Å². The third kappa shape index (κ3) is 4.02. The second-order valence-corrected chi connectivity index (χ2v) is 6.03. The van der Waals surface area contributed by atoms with Crippen LogP contribution >= 0.6 is 0 Å². The molecule has 0 saturated carbocycles. The lowest BCUT2D eigenvalue weighted by Crippen LogP contribution is -2.35. The Kier molecular flexibility index (Phi) is 5.26. The van der Waals surface area contributed by atoms with Gasteiger partial charge in [0.2, 0.25) is 0 Å². The predicted molar refractivity (Wildman–Crippen MR) is 96.0 cm³/mol. The highest BCUT2D eigenvalue weighted by Crippen LogP contribution is 2.20. The van der Waals surface area contributed by atoms with Gasteiger partial charge in [-0.2, -0.15) is 0 Å². The number of hydrogen-bond acceptors (Lipinski definition) is 3. The van der Waals surface area contributed by atoms with Crippen molar-refractivity contribution >= 4 is 11.8 Å². The van der Waals surface area contributed by atoms with Crippen LogP contribution < -0.4 is 0 Å². The van der Waals surface area contributed by atoms with Crippen LogP contribution in [-0.4, -0.2) is 29.8 Å². The smallest absolute Gasteiger partial charge is 0.306 e. The number of likely N-dealkylation sites (tertiary alicyclic amines) is 1. The zero-order chi connectivity index (χ0) is 16.8. The van der Waals surface area contributed by atoms with Gasteiger partial charge in [-0.25, -0.2) is 4.79 Å². The third-order valence-corrected chi connectivity index (χ3v) is 4.26. The Morgan fingerprint density at radius 2 is 1.67 bits per heavy atom. The van der Waals surface area contributed by atoms with Crippen molar-refractivity contribution in [2.45, 2.75) is 26.2 Å². The van der Waals surface area contributed by atoms with Gasteiger partial charge >= 0.3 is 6.09 Å². The molecule has 4 nitrogen and oxygen atoms in total. The Bertz CT molecular complexity index is 719. The Morgan fingerprint density at radius 1 is 0.958 bits per heavy atom. The van der Waals surface area contributed by atoms with E-state index in [1.165, 1.54) is 6.42 Å². The van der Waals surface area contributed by atoms with E-state index >= 15 is 0 Å². The van der Waals surface area contributed by atoms with Gasteiger partial charge < -0.3 is 4.90 Å². The molecule has 124 valence electrons. The summed E-state index contributed by atoms with van der Waals surface area (Å²) in [7, 11) is 0. The van der Waals surface area contributed by atoms with E-state index in [0.29, 0.717) is 5.71 Å². The first-order valence-electron chi connectivity index (χ1n) is 8.40. The maximum atomic E-state index is 12.0. The summed E-state index contributed by atoms with van der Waals surface area (Å²) in [5, 5.41) is 4.03. The van der Waals surface area contributed by atoms with E-state index in [0.717, 1.165) is 42.6 Å². The molecule has 0 spiro atoms. The van der Waals surface area contributed by atoms with Crippen molar-refractivity contribution < 1.29 is 9.63 Å². The molecule has 0 bridgehead atoms. The summed E-state index contributed by atoms with van der Waals surface area (Å²) in [5.74, 6) is 0. The van der Waals surface area contributed by atoms with Gasteiger partial charge in [0.25, 0.3) is 0 Å². The van der Waals surface area contributed by atoms with Crippen molar-refractivity contribution in [2.24, 2.45) is 5.16 Å². The van der Waals surface area contributed by atoms with Crippen molar-refractivity contribution in [3.63, 3.8) is 0 Å². The molecule has 3 rings (SSSR count). The highest BCUT2D eigenvalue weighted by molar-refractivity contribution is 5.99. The normalized spacial score (nSPS) is 15.2. The fourth-order valence-electron chi connectivity index (χ4n) is 2.85. The number of carbonyl (C=O) groups is 1. The number of amides is 1. The van der Waals surface area contributed by atoms with Crippen LogP contribution in [-0.2, 0) is 4.84 Å². The minimum Gasteiger partial charge on any atom is -0.306 e. The van der Waals surface area contributed by atoms with E-state index in [-0.39, 0.29) is 6.09 Å². The van der Waals surface area contributed by atoms with Gasteiger partial charge in [-0.05, 0) is 48.9 Å². The van der Waals surface area contributed by atoms with Crippen molar-refractivity contribution in [1.29, 1.82) is 0 Å². The molecule has 0 radical (unpaired) electrons. The minimum absolute atomic E-state index is 0.353. The molecule has 0 aromatic heterocycles. The second kappa shape index (κ2) is 7.77. The van der Waals surface area contributed by atoms with E-state index in [1.807, 2.05) is 37.3 Å². The standard InChI is InChI=1S/C20H22N2O2/c1-16(21-24-20(23)22-13-6-3-7-14-22)18-11-8-12-19(15-18)17-9-4-2-5-10-17/h2,4-5,8-12,15H,3,6-7,13-14H2,1H3. The number of nitrogens with zero attached hydrogens (tertiary/aromatic N) is 2. The minimum atomic E-state index is -0.353. The monoisotopic (exact) mass is 322 g/mol. The molecule has 1 heterocycles. The number of rotatable bonds is 3. The summed E-state index contributed by atoms with van der Waals surface area (Å²) in [5.41, 5.74) is 3.91. The number of piperidine rings is 1. The quantitative estimate of drug-likeness (QED) is 0.467. The van der Waals surface area contributed by atoms with Gasteiger partial charge in [0.15, 0.2) is 0 Å². The summed E-state index contributed by atoms with van der Waals surface area (Å²) in [6.07, 6.45) is 2.90. The lowest BCUT2D eigenvalue weighted by molar-refractivity contribution is 0.0982. The summed E-state index contributed by atoms with van der Waals surface area (Å²) in [4.78, 5) is 18.9. The van der Waals surface area contributed by atoms with Crippen molar-refractivity contribution in [1.82, 2.24) is 4.90 Å². The fourth-order valence-corrected chi connectivity index (χ4v) is 2.85. The summed E-state index contributed by atoms with van der Waals surface area (Å²) in [6, 6.07) is 18.3. The lowest BCUT2D eigenvalue weighted by atomic mass is 10.0. The molecule has 2 aromatic rings. The van der Waals surface area contributed by atoms with Crippen LogP contribution in [0.5, 0.6) is 0 Å². The maximum Gasteiger partial charge on any atom is 0.435 e. The summed E-state index contributed by atoms with van der Waals surface area (Å²) >= 11 is 0. The van der Waals surface area contributed by atoms with Gasteiger partial charge in [-0.3, -0.25) is 4.84 Å². The molecule has 1 fully saturated rings. The van der Waals surface area contributed by atoms with Gasteiger partial charge in [-0.1, -0.05) is 53.7 Å². The maximum absolute atomic E-state index is 12.0. The van der Waals surface area contributed by atoms with Crippen LogP contribution in [0.4, 0.5) is 4.79 Å². The summed E-state index contributed by atoms with van der Waals surface area (Å²) < 4.78 is 0. The first-order valence-corrected chi connectivity index (χ1v) is 8.40. The molecule has 0 N–H and O–H groups in total. The molecule has 1 aliphatic heterocycles. The van der Waals surface area contributed by atoms with Crippen LogP contribution in [0, 0.1) is 0 Å². The van der Waals surface area contributed by atoms with E-state index in [4.69, 9.17) is 4.84 Å². The van der Waals surface area contributed by atoms with Crippen molar-refractivity contribution in [2.75, 3.05) is 13.1 Å². The molecule has 0 atom stereocenters. The summed E-state index contributed by atoms with van der Waals surface area (Å²) in [6.45, 7) is 3.38. The second-order valence-electron chi connectivity index (χ2n) is 6.03. The Morgan fingerprint density at radius 3 is 2.42 bits per heavy atom. The molecular weight excluding hydrogens is 300 g/mol. The van der Waals surface area contributed by atoms with Gasteiger partial charge in [0.1, 0.15) is 0 Å². The van der Waals surface area contributed by atoms with Crippen molar-refractivity contribution in [3.8, 4) is 11.1 Å². The number of benzene rings is 2. The average Bonchev–Trinajstić information content (AvgIpc) is 2.67. The molecular formula is C20H22N2O2. The Labute approximate surface area is 142 Å². The Hall–Kier alpha value is -2.62. The number of hydrogen-bond donors (Lipinski definition) is 0. The van der Waals surface area contributed by atoms with Gasteiger partial charge in [0.05, 0.1) is 5.71 Å². The van der Waals surface area contributed by atoms with Crippen LogP contribution in [0.1, 0.15) is 31.7 Å². The number of carbonyl (C=O) groups excluding carboxylic acids is 1. The Balaban J connectivity index is 1.70. The zero-order valence-electron chi connectivity index (χ0n) is 13.9. The molecule has 4 heteroatoms. The molecule has 1 saturated heterocycles. The topological polar surface area (TPSA) is 41.9 Å². The largest absolute Gasteiger partial charge is 0.435 e.